The Kier molecular flexibility index (Phi) is 5.15. The molecule has 0 aliphatic heterocycles. The van der Waals surface area contributed by atoms with Crippen molar-refractivity contribution in [3.63, 3.8) is 0 Å². The molecule has 0 aliphatic carbocycles. The third-order valence-corrected chi connectivity index (χ3v) is 4.85. The van der Waals surface area contributed by atoms with Crippen LogP contribution in [-0.2, 0) is 0 Å². The van der Waals surface area contributed by atoms with Gasteiger partial charge in [-0.3, -0.25) is 14.9 Å². The van der Waals surface area contributed by atoms with Gasteiger partial charge in [0.25, 0.3) is 11.6 Å². The third-order valence-electron chi connectivity index (χ3n) is 3.50. The fraction of sp³-hybridized carbons (Fsp3) is 0.0588. The standard InChI is InChI=1S/C17H12ClN3O4S/c1-25-14-4-2-12(18)6-11(14)9-19-20-17(22)16-8-10-7-13(21(23)24)3-5-15(10)26-16/h2-9H,1H3,(H,20,22). The highest BCUT2D eigenvalue weighted by atomic mass is 35.5. The van der Waals surface area contributed by atoms with Gasteiger partial charge in [-0.25, -0.2) is 5.43 Å². The minimum absolute atomic E-state index is 0.0201. The van der Waals surface area contributed by atoms with Crippen LogP contribution < -0.4 is 10.2 Å². The number of hydrogen-bond donors (Lipinski definition) is 1. The second kappa shape index (κ2) is 7.51. The molecule has 0 radical (unpaired) electrons. The molecule has 0 bridgehead atoms. The van der Waals surface area contributed by atoms with Gasteiger partial charge in [-0.15, -0.1) is 11.3 Å². The average molecular weight is 390 g/mol. The quantitative estimate of drug-likeness (QED) is 0.401. The second-order valence-electron chi connectivity index (χ2n) is 5.18. The number of nitrogens with zero attached hydrogens (tertiary/aromatic N) is 2. The first kappa shape index (κ1) is 17.8. The van der Waals surface area contributed by atoms with Gasteiger partial charge in [0.1, 0.15) is 5.75 Å². The number of amides is 1. The SMILES string of the molecule is COc1ccc(Cl)cc1C=NNC(=O)c1cc2cc([N+](=O)[O-])ccc2s1. The van der Waals surface area contributed by atoms with Crippen LogP contribution in [0.15, 0.2) is 47.6 Å². The number of benzene rings is 2. The maximum Gasteiger partial charge on any atom is 0.281 e. The molecule has 0 aliphatic rings. The largest absolute Gasteiger partial charge is 0.496 e. The summed E-state index contributed by atoms with van der Waals surface area (Å²) in [6.45, 7) is 0. The summed E-state index contributed by atoms with van der Waals surface area (Å²) < 4.78 is 5.98. The molecular formula is C17H12ClN3O4S. The number of halogens is 1. The van der Waals surface area contributed by atoms with E-state index in [2.05, 4.69) is 10.5 Å². The Morgan fingerprint density at radius 3 is 2.85 bits per heavy atom. The predicted molar refractivity (Wildman–Crippen MR) is 102 cm³/mol. The molecule has 0 saturated heterocycles. The highest BCUT2D eigenvalue weighted by molar-refractivity contribution is 7.20. The van der Waals surface area contributed by atoms with E-state index in [0.29, 0.717) is 26.6 Å². The summed E-state index contributed by atoms with van der Waals surface area (Å²) in [5, 5.41) is 15.9. The zero-order valence-corrected chi connectivity index (χ0v) is 15.0. The van der Waals surface area contributed by atoms with Gasteiger partial charge in [-0.2, -0.15) is 5.10 Å². The van der Waals surface area contributed by atoms with Crippen molar-refractivity contribution in [3.8, 4) is 5.75 Å². The van der Waals surface area contributed by atoms with Crippen LogP contribution >= 0.6 is 22.9 Å². The summed E-state index contributed by atoms with van der Waals surface area (Å²) in [6.07, 6.45) is 1.43. The number of ether oxygens (including phenoxy) is 1. The fourth-order valence-corrected chi connectivity index (χ4v) is 3.39. The van der Waals surface area contributed by atoms with Crippen LogP contribution in [0.1, 0.15) is 15.2 Å². The number of nitro benzene ring substituents is 1. The van der Waals surface area contributed by atoms with Gasteiger partial charge in [0, 0.05) is 32.8 Å². The van der Waals surface area contributed by atoms with Crippen LogP contribution in [0.5, 0.6) is 5.75 Å². The Bertz CT molecular complexity index is 1030. The number of hydrogen-bond acceptors (Lipinski definition) is 6. The number of hydrazone groups is 1. The number of carbonyl (C=O) groups is 1. The lowest BCUT2D eigenvalue weighted by molar-refractivity contribution is -0.384. The third kappa shape index (κ3) is 3.81. The molecular weight excluding hydrogens is 378 g/mol. The molecule has 7 nitrogen and oxygen atoms in total. The van der Waals surface area contributed by atoms with Gasteiger partial charge in [0.05, 0.1) is 23.1 Å². The van der Waals surface area contributed by atoms with Gasteiger partial charge in [0.15, 0.2) is 0 Å². The fourth-order valence-electron chi connectivity index (χ4n) is 2.28. The number of fused-ring (bicyclic) bond motifs is 1. The van der Waals surface area contributed by atoms with Crippen LogP contribution in [-0.4, -0.2) is 24.2 Å². The minimum Gasteiger partial charge on any atom is -0.496 e. The average Bonchev–Trinajstić information content (AvgIpc) is 3.05. The van der Waals surface area contributed by atoms with Crippen molar-refractivity contribution < 1.29 is 14.5 Å². The number of rotatable bonds is 5. The molecule has 1 N–H and O–H groups in total. The second-order valence-corrected chi connectivity index (χ2v) is 6.70. The van der Waals surface area contributed by atoms with Gasteiger partial charge < -0.3 is 4.74 Å². The summed E-state index contributed by atoms with van der Waals surface area (Å²) in [7, 11) is 1.52. The number of carbonyl (C=O) groups excluding carboxylic acids is 1. The Hall–Kier alpha value is -2.97. The van der Waals surface area contributed by atoms with Gasteiger partial charge in [0.2, 0.25) is 0 Å². The number of nitro groups is 1. The molecule has 9 heteroatoms. The number of non-ortho nitro benzene ring substituents is 1. The van der Waals surface area contributed by atoms with Crippen molar-refractivity contribution in [1.82, 2.24) is 5.43 Å². The predicted octanol–water partition coefficient (Wildman–Crippen LogP) is 4.24. The van der Waals surface area contributed by atoms with Crippen molar-refractivity contribution in [2.45, 2.75) is 0 Å². The molecule has 132 valence electrons. The lowest BCUT2D eigenvalue weighted by Crippen LogP contribution is -2.16. The Morgan fingerprint density at radius 1 is 1.31 bits per heavy atom. The van der Waals surface area contributed by atoms with Crippen LogP contribution in [0.25, 0.3) is 10.1 Å². The molecule has 0 fully saturated rings. The maximum absolute atomic E-state index is 12.2. The normalized spacial score (nSPS) is 11.0. The maximum atomic E-state index is 12.2. The lowest BCUT2D eigenvalue weighted by Gasteiger charge is -2.04. The topological polar surface area (TPSA) is 93.8 Å². The molecule has 26 heavy (non-hydrogen) atoms. The Labute approximate surface area is 157 Å². The van der Waals surface area contributed by atoms with E-state index in [1.807, 2.05) is 0 Å². The highest BCUT2D eigenvalue weighted by Gasteiger charge is 2.13. The van der Waals surface area contributed by atoms with E-state index in [1.54, 1.807) is 30.3 Å². The molecule has 3 aromatic rings. The van der Waals surface area contributed by atoms with E-state index in [9.17, 15) is 14.9 Å². The lowest BCUT2D eigenvalue weighted by atomic mass is 10.2. The van der Waals surface area contributed by atoms with Gasteiger partial charge in [-0.05, 0) is 30.3 Å². The molecule has 1 aromatic heterocycles. The summed E-state index contributed by atoms with van der Waals surface area (Å²) in [4.78, 5) is 23.0. The van der Waals surface area contributed by atoms with E-state index >= 15 is 0 Å². The Morgan fingerprint density at radius 2 is 2.12 bits per heavy atom. The zero-order chi connectivity index (χ0) is 18.7. The first-order valence-corrected chi connectivity index (χ1v) is 8.52. The first-order valence-electron chi connectivity index (χ1n) is 7.33. The smallest absolute Gasteiger partial charge is 0.281 e. The summed E-state index contributed by atoms with van der Waals surface area (Å²) >= 11 is 7.17. The van der Waals surface area contributed by atoms with E-state index in [4.69, 9.17) is 16.3 Å². The van der Waals surface area contributed by atoms with Crippen molar-refractivity contribution in [3.05, 3.63) is 68.0 Å². The van der Waals surface area contributed by atoms with Crippen LogP contribution in [0.3, 0.4) is 0 Å². The number of methoxy groups -OCH3 is 1. The molecule has 0 saturated carbocycles. The molecule has 2 aromatic carbocycles. The molecule has 0 atom stereocenters. The van der Waals surface area contributed by atoms with Crippen molar-refractivity contribution >= 4 is 50.8 Å². The Balaban J connectivity index is 1.77. The molecule has 1 heterocycles. The molecule has 0 unspecified atom stereocenters. The van der Waals surface area contributed by atoms with E-state index in [1.165, 1.54) is 36.8 Å². The highest BCUT2D eigenvalue weighted by Crippen LogP contribution is 2.29. The zero-order valence-electron chi connectivity index (χ0n) is 13.4. The van der Waals surface area contributed by atoms with Crippen molar-refractivity contribution in [1.29, 1.82) is 0 Å². The first-order chi connectivity index (χ1) is 12.5. The van der Waals surface area contributed by atoms with E-state index in [-0.39, 0.29) is 5.69 Å². The summed E-state index contributed by atoms with van der Waals surface area (Å²) in [5.74, 6) is 0.160. The number of nitrogens with one attached hydrogen (secondary N) is 1. The summed E-state index contributed by atoms with van der Waals surface area (Å²) in [6, 6.07) is 11.1. The van der Waals surface area contributed by atoms with Crippen LogP contribution in [0, 0.1) is 10.1 Å². The van der Waals surface area contributed by atoms with Gasteiger partial charge >= 0.3 is 0 Å². The minimum atomic E-state index is -0.473. The number of thiophene rings is 1. The summed E-state index contributed by atoms with van der Waals surface area (Å²) in [5.41, 5.74) is 3.02. The monoisotopic (exact) mass is 389 g/mol. The molecule has 1 amide bonds. The van der Waals surface area contributed by atoms with Crippen molar-refractivity contribution in [2.75, 3.05) is 7.11 Å². The van der Waals surface area contributed by atoms with Gasteiger partial charge in [-0.1, -0.05) is 11.6 Å². The van der Waals surface area contributed by atoms with Crippen molar-refractivity contribution in [2.24, 2.45) is 5.10 Å². The van der Waals surface area contributed by atoms with Crippen LogP contribution in [0.4, 0.5) is 5.69 Å². The van der Waals surface area contributed by atoms with Crippen LogP contribution in [0.2, 0.25) is 5.02 Å². The van der Waals surface area contributed by atoms with E-state index < -0.39 is 10.8 Å². The van der Waals surface area contributed by atoms with E-state index in [0.717, 1.165) is 4.70 Å². The molecule has 3 rings (SSSR count). The molecule has 0 spiro atoms.